The number of H-pyrrole nitrogens is 2. The van der Waals surface area contributed by atoms with Crippen LogP contribution in [-0.4, -0.2) is 33.1 Å². The van der Waals surface area contributed by atoms with Crippen molar-refractivity contribution in [2.45, 2.75) is 0 Å². The van der Waals surface area contributed by atoms with Crippen molar-refractivity contribution in [3.8, 4) is 11.4 Å². The van der Waals surface area contributed by atoms with Crippen LogP contribution < -0.4 is 5.32 Å². The smallest absolute Gasteiger partial charge is 0.267 e. The quantitative estimate of drug-likeness (QED) is 0.632. The number of nitrogens with one attached hydrogen (secondary N) is 3. The van der Waals surface area contributed by atoms with Gasteiger partial charge in [-0.15, -0.1) is 0 Å². The summed E-state index contributed by atoms with van der Waals surface area (Å²) < 4.78 is 0. The number of fused-ring (bicyclic) bond motifs is 1. The minimum Gasteiger partial charge on any atom is -0.354 e. The van der Waals surface area contributed by atoms with Crippen LogP contribution in [0.4, 0.5) is 0 Å². The lowest BCUT2D eigenvalue weighted by Gasteiger charge is -1.95. The van der Waals surface area contributed by atoms with Crippen LogP contribution in [0.15, 0.2) is 30.5 Å². The number of carbonyl (C=O) groups excluding carboxylic acids is 1. The summed E-state index contributed by atoms with van der Waals surface area (Å²) in [6.45, 7) is 0. The van der Waals surface area contributed by atoms with Gasteiger partial charge >= 0.3 is 0 Å². The molecule has 3 aromatic heterocycles. The number of aromatic nitrogens is 4. The van der Waals surface area contributed by atoms with Gasteiger partial charge in [0.25, 0.3) is 5.91 Å². The van der Waals surface area contributed by atoms with Crippen LogP contribution in [0.25, 0.3) is 22.4 Å². The van der Waals surface area contributed by atoms with E-state index in [1.165, 1.54) is 0 Å². The third-order valence-electron chi connectivity index (χ3n) is 2.75. The van der Waals surface area contributed by atoms with Crippen LogP contribution in [-0.2, 0) is 0 Å². The zero-order chi connectivity index (χ0) is 12.5. The standard InChI is InChI=1S/C12H11N5O/c1-13-12(18)9-5-4-8(15-9)10-7-3-2-6-14-11(7)17-16-10/h2-6,15H,1H3,(H,13,18)(H,14,16,17). The number of rotatable bonds is 2. The van der Waals surface area contributed by atoms with Crippen molar-refractivity contribution < 1.29 is 4.79 Å². The molecule has 6 nitrogen and oxygen atoms in total. The molecule has 0 fully saturated rings. The topological polar surface area (TPSA) is 86.5 Å². The molecule has 0 aliphatic heterocycles. The number of carbonyl (C=O) groups is 1. The van der Waals surface area contributed by atoms with Crippen molar-refractivity contribution in [2.75, 3.05) is 7.05 Å². The molecule has 0 atom stereocenters. The van der Waals surface area contributed by atoms with Gasteiger partial charge in [0.15, 0.2) is 5.65 Å². The van der Waals surface area contributed by atoms with E-state index in [0.717, 1.165) is 22.4 Å². The first-order valence-corrected chi connectivity index (χ1v) is 5.50. The zero-order valence-corrected chi connectivity index (χ0v) is 9.69. The molecule has 0 bridgehead atoms. The van der Waals surface area contributed by atoms with Gasteiger partial charge in [0.2, 0.25) is 0 Å². The first-order chi connectivity index (χ1) is 8.79. The van der Waals surface area contributed by atoms with E-state index < -0.39 is 0 Å². The highest BCUT2D eigenvalue weighted by Crippen LogP contribution is 2.24. The Morgan fingerprint density at radius 3 is 3.06 bits per heavy atom. The molecule has 0 aliphatic carbocycles. The normalized spacial score (nSPS) is 10.7. The van der Waals surface area contributed by atoms with Crippen LogP contribution in [0.2, 0.25) is 0 Å². The average molecular weight is 241 g/mol. The summed E-state index contributed by atoms with van der Waals surface area (Å²) in [6.07, 6.45) is 1.70. The van der Waals surface area contributed by atoms with Gasteiger partial charge in [-0.25, -0.2) is 4.98 Å². The molecule has 3 heterocycles. The van der Waals surface area contributed by atoms with Crippen LogP contribution in [0.3, 0.4) is 0 Å². The summed E-state index contributed by atoms with van der Waals surface area (Å²) in [5.74, 6) is -0.154. The fourth-order valence-electron chi connectivity index (χ4n) is 1.86. The molecule has 0 aromatic carbocycles. The van der Waals surface area contributed by atoms with E-state index in [-0.39, 0.29) is 5.91 Å². The number of hydrogen-bond acceptors (Lipinski definition) is 3. The lowest BCUT2D eigenvalue weighted by Crippen LogP contribution is -2.17. The summed E-state index contributed by atoms with van der Waals surface area (Å²) in [4.78, 5) is 18.7. The number of hydrogen-bond donors (Lipinski definition) is 3. The predicted octanol–water partition coefficient (Wildman–Crippen LogP) is 1.31. The number of pyridine rings is 1. The van der Waals surface area contributed by atoms with Crippen LogP contribution in [0, 0.1) is 0 Å². The van der Waals surface area contributed by atoms with E-state index in [0.29, 0.717) is 5.69 Å². The Hall–Kier alpha value is -2.63. The average Bonchev–Trinajstić information content (AvgIpc) is 3.03. The molecule has 3 aromatic rings. The number of amides is 1. The molecule has 1 amide bonds. The Kier molecular flexibility index (Phi) is 2.33. The largest absolute Gasteiger partial charge is 0.354 e. The summed E-state index contributed by atoms with van der Waals surface area (Å²) in [6, 6.07) is 7.34. The van der Waals surface area contributed by atoms with Gasteiger partial charge in [-0.05, 0) is 24.3 Å². The minimum absolute atomic E-state index is 0.154. The maximum atomic E-state index is 11.5. The highest BCUT2D eigenvalue weighted by Gasteiger charge is 2.12. The fraction of sp³-hybridized carbons (Fsp3) is 0.0833. The first-order valence-electron chi connectivity index (χ1n) is 5.50. The SMILES string of the molecule is CNC(=O)c1ccc(-c2n[nH]c3ncccc23)[nH]1. The lowest BCUT2D eigenvalue weighted by atomic mass is 10.2. The second kappa shape index (κ2) is 3.99. The molecule has 0 radical (unpaired) electrons. The Balaban J connectivity index is 2.09. The molecule has 90 valence electrons. The van der Waals surface area contributed by atoms with Gasteiger partial charge in [-0.3, -0.25) is 9.89 Å². The maximum Gasteiger partial charge on any atom is 0.267 e. The summed E-state index contributed by atoms with van der Waals surface area (Å²) in [7, 11) is 1.59. The Morgan fingerprint density at radius 2 is 2.22 bits per heavy atom. The molecule has 3 rings (SSSR count). The fourth-order valence-corrected chi connectivity index (χ4v) is 1.86. The molecular weight excluding hydrogens is 230 g/mol. The van der Waals surface area contributed by atoms with Gasteiger partial charge < -0.3 is 10.3 Å². The van der Waals surface area contributed by atoms with Gasteiger partial charge in [0.05, 0.1) is 5.69 Å². The van der Waals surface area contributed by atoms with Crippen molar-refractivity contribution >= 4 is 16.9 Å². The van der Waals surface area contributed by atoms with Crippen molar-refractivity contribution in [3.63, 3.8) is 0 Å². The Bertz CT molecular complexity index is 712. The molecule has 0 spiro atoms. The van der Waals surface area contributed by atoms with E-state index in [4.69, 9.17) is 0 Å². The third kappa shape index (κ3) is 1.55. The lowest BCUT2D eigenvalue weighted by molar-refractivity contribution is 0.0959. The second-order valence-corrected chi connectivity index (χ2v) is 3.84. The van der Waals surface area contributed by atoms with Crippen molar-refractivity contribution in [1.82, 2.24) is 25.5 Å². The third-order valence-corrected chi connectivity index (χ3v) is 2.75. The minimum atomic E-state index is -0.154. The van der Waals surface area contributed by atoms with E-state index in [2.05, 4.69) is 25.5 Å². The molecule has 0 saturated heterocycles. The van der Waals surface area contributed by atoms with Gasteiger partial charge in [-0.2, -0.15) is 5.10 Å². The molecule has 0 aliphatic rings. The number of nitrogens with zero attached hydrogens (tertiary/aromatic N) is 2. The van der Waals surface area contributed by atoms with E-state index in [1.54, 1.807) is 19.3 Å². The first kappa shape index (κ1) is 10.5. The van der Waals surface area contributed by atoms with E-state index in [9.17, 15) is 4.79 Å². The maximum absolute atomic E-state index is 11.5. The molecular formula is C12H11N5O. The summed E-state index contributed by atoms with van der Waals surface area (Å²) in [5.41, 5.74) is 2.78. The van der Waals surface area contributed by atoms with Crippen LogP contribution >= 0.6 is 0 Å². The molecule has 18 heavy (non-hydrogen) atoms. The van der Waals surface area contributed by atoms with Crippen molar-refractivity contribution in [1.29, 1.82) is 0 Å². The second-order valence-electron chi connectivity index (χ2n) is 3.84. The summed E-state index contributed by atoms with van der Waals surface area (Å²) >= 11 is 0. The monoisotopic (exact) mass is 241 g/mol. The molecule has 0 unspecified atom stereocenters. The Morgan fingerprint density at radius 1 is 1.33 bits per heavy atom. The van der Waals surface area contributed by atoms with Gasteiger partial charge in [-0.1, -0.05) is 0 Å². The number of aromatic amines is 2. The molecule has 6 heteroatoms. The highest BCUT2D eigenvalue weighted by molar-refractivity contribution is 5.95. The molecule has 0 saturated carbocycles. The van der Waals surface area contributed by atoms with Crippen LogP contribution in [0.1, 0.15) is 10.5 Å². The van der Waals surface area contributed by atoms with Crippen molar-refractivity contribution in [3.05, 3.63) is 36.2 Å². The van der Waals surface area contributed by atoms with E-state index in [1.807, 2.05) is 18.2 Å². The molecule has 3 N–H and O–H groups in total. The summed E-state index contributed by atoms with van der Waals surface area (Å²) in [5, 5.41) is 10.6. The van der Waals surface area contributed by atoms with E-state index >= 15 is 0 Å². The van der Waals surface area contributed by atoms with Crippen molar-refractivity contribution in [2.24, 2.45) is 0 Å². The predicted molar refractivity (Wildman–Crippen MR) is 67.1 cm³/mol. The van der Waals surface area contributed by atoms with Gasteiger partial charge in [0.1, 0.15) is 11.4 Å². The van der Waals surface area contributed by atoms with Crippen LogP contribution in [0.5, 0.6) is 0 Å². The Labute approximate surface area is 102 Å². The van der Waals surface area contributed by atoms with Gasteiger partial charge in [0, 0.05) is 18.6 Å². The zero-order valence-electron chi connectivity index (χ0n) is 9.69. The highest BCUT2D eigenvalue weighted by atomic mass is 16.1.